The quantitative estimate of drug-likeness (QED) is 0.821. The minimum Gasteiger partial charge on any atom is -0.307 e. The lowest BCUT2D eigenvalue weighted by Gasteiger charge is -2.31. The number of aromatic amines is 1. The predicted octanol–water partition coefficient (Wildman–Crippen LogP) is 3.42. The summed E-state index contributed by atoms with van der Waals surface area (Å²) >= 11 is 0. The van der Waals surface area contributed by atoms with Gasteiger partial charge in [0.1, 0.15) is 0 Å². The first kappa shape index (κ1) is 12.6. The number of aromatic nitrogens is 2. The molecule has 0 amide bonds. The Labute approximate surface area is 104 Å². The molecule has 17 heavy (non-hydrogen) atoms. The minimum absolute atomic E-state index is 0.418. The molecule has 2 rings (SSSR count). The van der Waals surface area contributed by atoms with Crippen molar-refractivity contribution in [3.8, 4) is 0 Å². The van der Waals surface area contributed by atoms with E-state index in [1.165, 1.54) is 44.1 Å². The zero-order chi connectivity index (χ0) is 12.1. The lowest BCUT2D eigenvalue weighted by Crippen LogP contribution is -2.34. The lowest BCUT2D eigenvalue weighted by molar-refractivity contribution is 0.266. The second-order valence-electron chi connectivity index (χ2n) is 5.43. The first-order valence-corrected chi connectivity index (χ1v) is 7.04. The van der Waals surface area contributed by atoms with Crippen LogP contribution < -0.4 is 5.32 Å². The summed E-state index contributed by atoms with van der Waals surface area (Å²) in [6, 6.07) is 1.12. The normalized spacial score (nSPS) is 26.9. The molecule has 1 aliphatic rings. The molecule has 1 heterocycles. The zero-order valence-electron chi connectivity index (χ0n) is 11.1. The number of H-pyrrole nitrogens is 1. The molecule has 3 nitrogen and oxygen atoms in total. The first-order valence-electron chi connectivity index (χ1n) is 7.04. The zero-order valence-corrected chi connectivity index (χ0v) is 11.1. The van der Waals surface area contributed by atoms with Crippen molar-refractivity contribution in [2.45, 2.75) is 64.5 Å². The van der Waals surface area contributed by atoms with Crippen molar-refractivity contribution in [1.82, 2.24) is 15.5 Å². The van der Waals surface area contributed by atoms with Crippen LogP contribution in [0.4, 0.5) is 0 Å². The molecule has 0 saturated heterocycles. The maximum atomic E-state index is 4.01. The molecule has 1 saturated carbocycles. The molecular weight excluding hydrogens is 210 g/mol. The van der Waals surface area contributed by atoms with Crippen LogP contribution in [0.5, 0.6) is 0 Å². The van der Waals surface area contributed by atoms with Crippen LogP contribution in [0.15, 0.2) is 12.4 Å². The second kappa shape index (κ2) is 6.20. The van der Waals surface area contributed by atoms with Gasteiger partial charge in [0, 0.05) is 23.8 Å². The maximum Gasteiger partial charge on any atom is 0.0534 e. The molecule has 0 radical (unpaired) electrons. The van der Waals surface area contributed by atoms with E-state index in [0.29, 0.717) is 12.1 Å². The molecule has 1 aliphatic carbocycles. The highest BCUT2D eigenvalue weighted by Crippen LogP contribution is 2.28. The molecule has 1 aromatic rings. The second-order valence-corrected chi connectivity index (χ2v) is 5.43. The van der Waals surface area contributed by atoms with Crippen LogP contribution in [0.3, 0.4) is 0 Å². The van der Waals surface area contributed by atoms with Gasteiger partial charge in [-0.3, -0.25) is 5.10 Å². The van der Waals surface area contributed by atoms with E-state index in [1.807, 2.05) is 12.4 Å². The fourth-order valence-corrected chi connectivity index (χ4v) is 2.97. The summed E-state index contributed by atoms with van der Waals surface area (Å²) in [6.45, 7) is 4.52. The molecule has 1 fully saturated rings. The van der Waals surface area contributed by atoms with Crippen LogP contribution in [0, 0.1) is 5.92 Å². The minimum atomic E-state index is 0.418. The van der Waals surface area contributed by atoms with Crippen LogP contribution in [0.25, 0.3) is 0 Å². The Bertz CT molecular complexity index is 299. The fraction of sp³-hybridized carbons (Fsp3) is 0.786. The standard InChI is InChI=1S/C14H25N3/c1-3-4-12-5-7-14(8-6-12)17-11(2)13-9-15-16-10-13/h9-12,14,17H,3-8H2,1-2H3,(H,15,16). The van der Waals surface area contributed by atoms with E-state index >= 15 is 0 Å². The van der Waals surface area contributed by atoms with Crippen LogP contribution in [-0.4, -0.2) is 16.2 Å². The Kier molecular flexibility index (Phi) is 4.60. The summed E-state index contributed by atoms with van der Waals surface area (Å²) in [6.07, 6.45) is 12.2. The lowest BCUT2D eigenvalue weighted by atomic mass is 9.83. The molecule has 1 unspecified atom stereocenters. The molecule has 3 heteroatoms. The Morgan fingerprint density at radius 2 is 2.18 bits per heavy atom. The third-order valence-electron chi connectivity index (χ3n) is 4.05. The molecule has 0 aromatic carbocycles. The molecular formula is C14H25N3. The Hall–Kier alpha value is -0.830. The van der Waals surface area contributed by atoms with Gasteiger partial charge in [0.25, 0.3) is 0 Å². The highest BCUT2D eigenvalue weighted by atomic mass is 15.1. The number of nitrogens with zero attached hydrogens (tertiary/aromatic N) is 1. The largest absolute Gasteiger partial charge is 0.307 e. The average molecular weight is 235 g/mol. The van der Waals surface area contributed by atoms with Gasteiger partial charge in [-0.25, -0.2) is 0 Å². The summed E-state index contributed by atoms with van der Waals surface area (Å²) < 4.78 is 0. The monoisotopic (exact) mass is 235 g/mol. The smallest absolute Gasteiger partial charge is 0.0534 e. The predicted molar refractivity (Wildman–Crippen MR) is 70.8 cm³/mol. The molecule has 1 atom stereocenters. The van der Waals surface area contributed by atoms with Crippen LogP contribution >= 0.6 is 0 Å². The topological polar surface area (TPSA) is 40.7 Å². The van der Waals surface area contributed by atoms with E-state index in [4.69, 9.17) is 0 Å². The Balaban J connectivity index is 1.74. The van der Waals surface area contributed by atoms with Crippen LogP contribution in [0.2, 0.25) is 0 Å². The third kappa shape index (κ3) is 3.56. The summed E-state index contributed by atoms with van der Waals surface area (Å²) in [5.74, 6) is 0.988. The molecule has 0 bridgehead atoms. The van der Waals surface area contributed by atoms with Gasteiger partial charge in [-0.05, 0) is 38.5 Å². The van der Waals surface area contributed by atoms with E-state index in [9.17, 15) is 0 Å². The SMILES string of the molecule is CCCC1CCC(NC(C)c2cn[nH]c2)CC1. The molecule has 1 aromatic heterocycles. The number of hydrogen-bond donors (Lipinski definition) is 2. The summed E-state index contributed by atoms with van der Waals surface area (Å²) in [7, 11) is 0. The molecule has 2 N–H and O–H groups in total. The van der Waals surface area contributed by atoms with E-state index < -0.39 is 0 Å². The Morgan fingerprint density at radius 1 is 1.41 bits per heavy atom. The van der Waals surface area contributed by atoms with Crippen molar-refractivity contribution in [1.29, 1.82) is 0 Å². The third-order valence-corrected chi connectivity index (χ3v) is 4.05. The van der Waals surface area contributed by atoms with E-state index in [0.717, 1.165) is 5.92 Å². The van der Waals surface area contributed by atoms with E-state index in [-0.39, 0.29) is 0 Å². The van der Waals surface area contributed by atoms with Gasteiger partial charge < -0.3 is 5.32 Å². The van der Waals surface area contributed by atoms with Gasteiger partial charge in [-0.1, -0.05) is 19.8 Å². The Morgan fingerprint density at radius 3 is 2.76 bits per heavy atom. The average Bonchev–Trinajstić information content (AvgIpc) is 2.86. The maximum absolute atomic E-state index is 4.01. The summed E-state index contributed by atoms with van der Waals surface area (Å²) in [5.41, 5.74) is 1.26. The number of hydrogen-bond acceptors (Lipinski definition) is 2. The van der Waals surface area contributed by atoms with E-state index in [2.05, 4.69) is 29.4 Å². The van der Waals surface area contributed by atoms with Crippen molar-refractivity contribution >= 4 is 0 Å². The highest BCUT2D eigenvalue weighted by Gasteiger charge is 2.21. The van der Waals surface area contributed by atoms with Gasteiger partial charge in [0.05, 0.1) is 6.20 Å². The van der Waals surface area contributed by atoms with Gasteiger partial charge >= 0.3 is 0 Å². The van der Waals surface area contributed by atoms with Crippen molar-refractivity contribution in [3.05, 3.63) is 18.0 Å². The van der Waals surface area contributed by atoms with Gasteiger partial charge in [-0.2, -0.15) is 5.10 Å². The van der Waals surface area contributed by atoms with Gasteiger partial charge in [-0.15, -0.1) is 0 Å². The van der Waals surface area contributed by atoms with Gasteiger partial charge in [0.2, 0.25) is 0 Å². The van der Waals surface area contributed by atoms with Crippen molar-refractivity contribution in [2.24, 2.45) is 5.92 Å². The van der Waals surface area contributed by atoms with Crippen molar-refractivity contribution in [2.75, 3.05) is 0 Å². The highest BCUT2D eigenvalue weighted by molar-refractivity contribution is 5.08. The van der Waals surface area contributed by atoms with Crippen molar-refractivity contribution < 1.29 is 0 Å². The van der Waals surface area contributed by atoms with Crippen LogP contribution in [-0.2, 0) is 0 Å². The molecule has 0 aliphatic heterocycles. The first-order chi connectivity index (χ1) is 8.29. The fourth-order valence-electron chi connectivity index (χ4n) is 2.97. The van der Waals surface area contributed by atoms with Gasteiger partial charge in [0.15, 0.2) is 0 Å². The molecule has 96 valence electrons. The summed E-state index contributed by atoms with van der Waals surface area (Å²) in [4.78, 5) is 0. The molecule has 0 spiro atoms. The van der Waals surface area contributed by atoms with E-state index in [1.54, 1.807) is 0 Å². The summed E-state index contributed by atoms with van der Waals surface area (Å²) in [5, 5.41) is 10.6. The number of nitrogens with one attached hydrogen (secondary N) is 2. The van der Waals surface area contributed by atoms with Crippen LogP contribution in [0.1, 0.15) is 64.0 Å². The van der Waals surface area contributed by atoms with Crippen molar-refractivity contribution in [3.63, 3.8) is 0 Å². The number of rotatable bonds is 5.